The van der Waals surface area contributed by atoms with E-state index < -0.39 is 0 Å². The number of rotatable bonds is 9. The highest BCUT2D eigenvalue weighted by atomic mass is 35.5. The molecule has 0 atom stereocenters. The van der Waals surface area contributed by atoms with Gasteiger partial charge in [-0.2, -0.15) is 0 Å². The largest absolute Gasteiger partial charge is 0.302 e. The van der Waals surface area contributed by atoms with Gasteiger partial charge in [0.15, 0.2) is 5.13 Å². The normalized spacial score (nSPS) is 11.0. The van der Waals surface area contributed by atoms with E-state index in [2.05, 4.69) is 75.9 Å². The van der Waals surface area contributed by atoms with Crippen LogP contribution in [0.4, 0.5) is 5.13 Å². The van der Waals surface area contributed by atoms with Crippen molar-refractivity contribution >= 4 is 45.0 Å². The van der Waals surface area contributed by atoms with Crippen molar-refractivity contribution in [3.63, 3.8) is 0 Å². The maximum absolute atomic E-state index is 13.4. The number of thiazole rings is 1. The number of anilines is 1. The molecule has 1 amide bonds. The molecule has 0 aliphatic heterocycles. The molecule has 31 heavy (non-hydrogen) atoms. The van der Waals surface area contributed by atoms with Gasteiger partial charge in [0.2, 0.25) is 5.91 Å². The quantitative estimate of drug-likeness (QED) is 0.404. The molecule has 0 N–H and O–H groups in total. The van der Waals surface area contributed by atoms with Crippen molar-refractivity contribution in [1.29, 1.82) is 0 Å². The van der Waals surface area contributed by atoms with Gasteiger partial charge in [-0.15, -0.1) is 12.4 Å². The van der Waals surface area contributed by atoms with Crippen molar-refractivity contribution in [2.45, 2.75) is 47.5 Å². The Bertz CT molecular complexity index is 1010. The number of carbonyl (C=O) groups excluding carboxylic acids is 1. The van der Waals surface area contributed by atoms with Crippen molar-refractivity contribution in [3.05, 3.63) is 58.7 Å². The molecule has 0 fully saturated rings. The van der Waals surface area contributed by atoms with Crippen molar-refractivity contribution < 1.29 is 4.79 Å². The van der Waals surface area contributed by atoms with Gasteiger partial charge in [0, 0.05) is 13.1 Å². The highest BCUT2D eigenvalue weighted by Gasteiger charge is 2.21. The molecule has 0 radical (unpaired) electrons. The minimum atomic E-state index is 0. The molecule has 0 unspecified atom stereocenters. The van der Waals surface area contributed by atoms with Gasteiger partial charge in [0.25, 0.3) is 0 Å². The predicted molar refractivity (Wildman–Crippen MR) is 136 cm³/mol. The molecule has 1 aromatic heterocycles. The summed E-state index contributed by atoms with van der Waals surface area (Å²) >= 11 is 1.62. The lowest BCUT2D eigenvalue weighted by molar-refractivity contribution is -0.118. The van der Waals surface area contributed by atoms with E-state index in [0.717, 1.165) is 52.5 Å². The maximum Gasteiger partial charge on any atom is 0.233 e. The summed E-state index contributed by atoms with van der Waals surface area (Å²) in [5, 5.41) is 0.806. The van der Waals surface area contributed by atoms with Gasteiger partial charge in [-0.3, -0.25) is 9.69 Å². The minimum absolute atomic E-state index is 0. The van der Waals surface area contributed by atoms with Gasteiger partial charge < -0.3 is 4.90 Å². The predicted octanol–water partition coefficient (Wildman–Crippen LogP) is 5.81. The second-order valence-electron chi connectivity index (χ2n) is 7.83. The maximum atomic E-state index is 13.4. The van der Waals surface area contributed by atoms with E-state index in [-0.39, 0.29) is 18.3 Å². The van der Waals surface area contributed by atoms with Crippen molar-refractivity contribution in [2.75, 3.05) is 31.1 Å². The van der Waals surface area contributed by atoms with Crippen LogP contribution < -0.4 is 4.90 Å². The molecule has 0 saturated carbocycles. The summed E-state index contributed by atoms with van der Waals surface area (Å²) in [6, 6.07) is 12.7. The summed E-state index contributed by atoms with van der Waals surface area (Å²) in [5.74, 6) is 0.116. The zero-order chi connectivity index (χ0) is 21.7. The molecule has 0 aliphatic rings. The summed E-state index contributed by atoms with van der Waals surface area (Å²) < 4.78 is 1.15. The van der Waals surface area contributed by atoms with E-state index in [1.165, 1.54) is 11.1 Å². The van der Waals surface area contributed by atoms with Gasteiger partial charge in [-0.05, 0) is 62.2 Å². The van der Waals surface area contributed by atoms with Gasteiger partial charge in [-0.25, -0.2) is 4.98 Å². The Morgan fingerprint density at radius 2 is 1.74 bits per heavy atom. The van der Waals surface area contributed by atoms with E-state index in [9.17, 15) is 4.79 Å². The Balaban J connectivity index is 0.00000341. The zero-order valence-electron chi connectivity index (χ0n) is 19.3. The second-order valence-corrected chi connectivity index (χ2v) is 8.84. The number of aromatic nitrogens is 1. The number of fused-ring (bicyclic) bond motifs is 1. The Morgan fingerprint density at radius 3 is 2.42 bits per heavy atom. The van der Waals surface area contributed by atoms with Gasteiger partial charge >= 0.3 is 0 Å². The van der Waals surface area contributed by atoms with Crippen LogP contribution in [0.2, 0.25) is 0 Å². The Morgan fingerprint density at radius 1 is 1.00 bits per heavy atom. The van der Waals surface area contributed by atoms with Crippen LogP contribution in [0.25, 0.3) is 10.2 Å². The lowest BCUT2D eigenvalue weighted by atomic mass is 10.0. The number of aryl methyl sites for hydroxylation is 3. The molecule has 6 heteroatoms. The van der Waals surface area contributed by atoms with E-state index in [1.54, 1.807) is 11.3 Å². The first kappa shape index (κ1) is 25.3. The van der Waals surface area contributed by atoms with Gasteiger partial charge in [-0.1, -0.05) is 61.9 Å². The van der Waals surface area contributed by atoms with Gasteiger partial charge in [0.1, 0.15) is 0 Å². The average Bonchev–Trinajstić information content (AvgIpc) is 3.16. The lowest BCUT2D eigenvalue weighted by Gasteiger charge is -2.25. The topological polar surface area (TPSA) is 36.4 Å². The number of nitrogens with zero attached hydrogens (tertiary/aromatic N) is 3. The SMILES string of the molecule is CCc1ccc2nc(N(CCN(CC)CC)C(=O)Cc3cc(C)ccc3C)sc2c1.Cl. The lowest BCUT2D eigenvalue weighted by Crippen LogP contribution is -2.39. The standard InChI is InChI=1S/C25H33N3OS.ClH/c1-6-20-11-12-22-23(16-20)30-25(26-22)28(14-13-27(7-2)8-3)24(29)17-21-15-18(4)9-10-19(21)5;/h9-12,15-16H,6-8,13-14,17H2,1-5H3;1H. The van der Waals surface area contributed by atoms with E-state index >= 15 is 0 Å². The van der Waals surface area contributed by atoms with Crippen molar-refractivity contribution in [1.82, 2.24) is 9.88 Å². The molecular formula is C25H34ClN3OS. The molecule has 2 aromatic carbocycles. The summed E-state index contributed by atoms with van der Waals surface area (Å²) in [5.41, 5.74) is 5.72. The molecule has 4 nitrogen and oxygen atoms in total. The molecular weight excluding hydrogens is 426 g/mol. The number of hydrogen-bond acceptors (Lipinski definition) is 4. The Labute approximate surface area is 196 Å². The molecule has 0 spiro atoms. The van der Waals surface area contributed by atoms with Crippen LogP contribution in [-0.4, -0.2) is 42.0 Å². The smallest absolute Gasteiger partial charge is 0.233 e. The fourth-order valence-corrected chi connectivity index (χ4v) is 4.72. The third-order valence-corrected chi connectivity index (χ3v) is 6.80. The number of carbonyl (C=O) groups is 1. The fraction of sp³-hybridized carbons (Fsp3) is 0.440. The van der Waals surface area contributed by atoms with Crippen LogP contribution in [0.3, 0.4) is 0 Å². The number of likely N-dealkylation sites (N-methyl/N-ethyl adjacent to an activating group) is 1. The Kier molecular flexibility index (Phi) is 9.48. The monoisotopic (exact) mass is 459 g/mol. The minimum Gasteiger partial charge on any atom is -0.302 e. The molecule has 168 valence electrons. The molecule has 3 aromatic rings. The summed E-state index contributed by atoms with van der Waals surface area (Å²) in [6.07, 6.45) is 1.41. The summed E-state index contributed by atoms with van der Waals surface area (Å²) in [7, 11) is 0. The van der Waals surface area contributed by atoms with Crippen LogP contribution in [0.5, 0.6) is 0 Å². The molecule has 3 rings (SSSR count). The summed E-state index contributed by atoms with van der Waals surface area (Å²) in [6.45, 7) is 14.1. The van der Waals surface area contributed by atoms with E-state index in [4.69, 9.17) is 4.98 Å². The number of benzene rings is 2. The zero-order valence-corrected chi connectivity index (χ0v) is 20.9. The third-order valence-electron chi connectivity index (χ3n) is 5.76. The molecule has 0 saturated heterocycles. The van der Waals surface area contributed by atoms with Crippen LogP contribution >= 0.6 is 23.7 Å². The van der Waals surface area contributed by atoms with Gasteiger partial charge in [0.05, 0.1) is 16.6 Å². The second kappa shape index (κ2) is 11.6. The van der Waals surface area contributed by atoms with Crippen molar-refractivity contribution in [2.24, 2.45) is 0 Å². The molecule has 1 heterocycles. The van der Waals surface area contributed by atoms with Crippen LogP contribution in [0, 0.1) is 13.8 Å². The molecule has 0 bridgehead atoms. The first-order chi connectivity index (χ1) is 14.4. The van der Waals surface area contributed by atoms with Crippen LogP contribution in [-0.2, 0) is 17.6 Å². The third kappa shape index (κ3) is 6.28. The van der Waals surface area contributed by atoms with Crippen LogP contribution in [0.15, 0.2) is 36.4 Å². The average molecular weight is 460 g/mol. The first-order valence-corrected chi connectivity index (χ1v) is 11.7. The van der Waals surface area contributed by atoms with E-state index in [1.807, 2.05) is 4.90 Å². The highest BCUT2D eigenvalue weighted by molar-refractivity contribution is 7.22. The highest BCUT2D eigenvalue weighted by Crippen LogP contribution is 2.30. The van der Waals surface area contributed by atoms with Crippen molar-refractivity contribution in [3.8, 4) is 0 Å². The Hall–Kier alpha value is -1.95. The number of halogens is 1. The van der Waals surface area contributed by atoms with E-state index in [0.29, 0.717) is 13.0 Å². The van der Waals surface area contributed by atoms with Crippen LogP contribution in [0.1, 0.15) is 43.0 Å². The molecule has 0 aliphatic carbocycles. The summed E-state index contributed by atoms with van der Waals surface area (Å²) in [4.78, 5) is 22.5. The first-order valence-electron chi connectivity index (χ1n) is 10.9. The number of hydrogen-bond donors (Lipinski definition) is 0. The number of amides is 1. The fourth-order valence-electron chi connectivity index (χ4n) is 3.65.